The van der Waals surface area contributed by atoms with Gasteiger partial charge in [-0.3, -0.25) is 0 Å². The van der Waals surface area contributed by atoms with Crippen molar-refractivity contribution in [2.75, 3.05) is 19.8 Å². The van der Waals surface area contributed by atoms with Crippen LogP contribution in [-0.2, 0) is 31.8 Å². The Bertz CT molecular complexity index is 725. The number of carboxylic acids is 1. The molecule has 1 unspecified atom stereocenters. The molecule has 1 heterocycles. The molecule has 1 aliphatic rings. The zero-order valence-corrected chi connectivity index (χ0v) is 16.1. The number of aliphatic carboxylic acids is 1. The van der Waals surface area contributed by atoms with Crippen molar-refractivity contribution in [3.05, 3.63) is 71.3 Å². The number of hydrogen-bond donors (Lipinski definition) is 1. The van der Waals surface area contributed by atoms with Gasteiger partial charge in [0.15, 0.2) is 6.29 Å². The molecule has 2 aromatic rings. The summed E-state index contributed by atoms with van der Waals surface area (Å²) in [7, 11) is 0. The largest absolute Gasteiger partial charge is 0.480 e. The first-order valence-electron chi connectivity index (χ1n) is 9.90. The van der Waals surface area contributed by atoms with Crippen LogP contribution >= 0.6 is 0 Å². The van der Waals surface area contributed by atoms with E-state index in [2.05, 4.69) is 24.3 Å². The van der Waals surface area contributed by atoms with Gasteiger partial charge in [0, 0.05) is 13.0 Å². The second-order valence-electron chi connectivity index (χ2n) is 7.05. The van der Waals surface area contributed by atoms with Gasteiger partial charge in [-0.15, -0.1) is 0 Å². The van der Waals surface area contributed by atoms with E-state index in [1.165, 1.54) is 5.56 Å². The lowest BCUT2D eigenvalue weighted by molar-refractivity contribution is -0.189. The summed E-state index contributed by atoms with van der Waals surface area (Å²) in [6, 6.07) is 18.6. The molecule has 2 aromatic carbocycles. The van der Waals surface area contributed by atoms with E-state index in [-0.39, 0.29) is 19.0 Å². The molecule has 0 radical (unpaired) electrons. The molecule has 2 atom stereocenters. The quantitative estimate of drug-likeness (QED) is 0.623. The van der Waals surface area contributed by atoms with Crippen LogP contribution in [0.15, 0.2) is 54.6 Å². The van der Waals surface area contributed by atoms with Crippen molar-refractivity contribution in [2.24, 2.45) is 0 Å². The van der Waals surface area contributed by atoms with Gasteiger partial charge in [0.2, 0.25) is 0 Å². The van der Waals surface area contributed by atoms with Gasteiger partial charge in [0.05, 0.1) is 12.7 Å². The van der Waals surface area contributed by atoms with E-state index in [1.54, 1.807) is 0 Å². The molecule has 0 saturated carbocycles. The van der Waals surface area contributed by atoms with Gasteiger partial charge in [0.25, 0.3) is 0 Å². The van der Waals surface area contributed by atoms with Crippen LogP contribution in [0.1, 0.15) is 42.1 Å². The SMILES string of the molecule is O=C(O)COCCc1cccc([C@H](Cc2ccccc2)OC2CCCCO2)c1. The Morgan fingerprint density at radius 3 is 2.68 bits per heavy atom. The molecule has 150 valence electrons. The van der Waals surface area contributed by atoms with Crippen molar-refractivity contribution in [1.29, 1.82) is 0 Å². The van der Waals surface area contributed by atoms with Gasteiger partial charge >= 0.3 is 5.97 Å². The Morgan fingerprint density at radius 2 is 1.93 bits per heavy atom. The zero-order valence-electron chi connectivity index (χ0n) is 16.1. The summed E-state index contributed by atoms with van der Waals surface area (Å²) in [5.74, 6) is -0.947. The third kappa shape index (κ3) is 6.75. The molecule has 0 amide bonds. The minimum Gasteiger partial charge on any atom is -0.480 e. The summed E-state index contributed by atoms with van der Waals surface area (Å²) in [6.07, 6.45) is 4.33. The molecule has 5 heteroatoms. The fourth-order valence-electron chi connectivity index (χ4n) is 3.37. The van der Waals surface area contributed by atoms with Gasteiger partial charge in [-0.05, 0) is 42.4 Å². The maximum absolute atomic E-state index is 10.6. The van der Waals surface area contributed by atoms with Crippen LogP contribution < -0.4 is 0 Å². The van der Waals surface area contributed by atoms with Crippen LogP contribution in [0, 0.1) is 0 Å². The molecule has 1 N–H and O–H groups in total. The van der Waals surface area contributed by atoms with E-state index >= 15 is 0 Å². The number of ether oxygens (including phenoxy) is 3. The lowest BCUT2D eigenvalue weighted by Gasteiger charge is -2.28. The van der Waals surface area contributed by atoms with Crippen molar-refractivity contribution in [3.63, 3.8) is 0 Å². The van der Waals surface area contributed by atoms with Crippen molar-refractivity contribution < 1.29 is 24.1 Å². The maximum Gasteiger partial charge on any atom is 0.329 e. The van der Waals surface area contributed by atoms with E-state index in [0.717, 1.165) is 43.4 Å². The highest BCUT2D eigenvalue weighted by Gasteiger charge is 2.22. The van der Waals surface area contributed by atoms with Gasteiger partial charge in [-0.2, -0.15) is 0 Å². The van der Waals surface area contributed by atoms with Gasteiger partial charge in [0.1, 0.15) is 6.61 Å². The van der Waals surface area contributed by atoms with E-state index in [9.17, 15) is 4.79 Å². The Balaban J connectivity index is 1.69. The van der Waals surface area contributed by atoms with Crippen LogP contribution in [0.4, 0.5) is 0 Å². The molecule has 0 bridgehead atoms. The summed E-state index contributed by atoms with van der Waals surface area (Å²) in [6.45, 7) is 0.869. The highest BCUT2D eigenvalue weighted by atomic mass is 16.7. The highest BCUT2D eigenvalue weighted by molar-refractivity contribution is 5.67. The first kappa shape index (κ1) is 20.5. The molecular formula is C23H28O5. The Labute approximate surface area is 166 Å². The minimum absolute atomic E-state index is 0.0922. The predicted molar refractivity (Wildman–Crippen MR) is 106 cm³/mol. The number of carboxylic acid groups (broad SMARTS) is 1. The predicted octanol–water partition coefficient (Wildman–Crippen LogP) is 4.16. The van der Waals surface area contributed by atoms with Crippen LogP contribution in [0.25, 0.3) is 0 Å². The third-order valence-electron chi connectivity index (χ3n) is 4.80. The molecule has 1 fully saturated rings. The lowest BCUT2D eigenvalue weighted by Crippen LogP contribution is -2.25. The van der Waals surface area contributed by atoms with Crippen molar-refractivity contribution in [1.82, 2.24) is 0 Å². The number of hydrogen-bond acceptors (Lipinski definition) is 4. The van der Waals surface area contributed by atoms with Crippen LogP contribution in [0.5, 0.6) is 0 Å². The summed E-state index contributed by atoms with van der Waals surface area (Å²) >= 11 is 0. The summed E-state index contributed by atoms with van der Waals surface area (Å²) in [5, 5.41) is 8.67. The van der Waals surface area contributed by atoms with E-state index in [4.69, 9.17) is 19.3 Å². The first-order chi connectivity index (χ1) is 13.7. The molecule has 0 aromatic heterocycles. The fourth-order valence-corrected chi connectivity index (χ4v) is 3.37. The average molecular weight is 384 g/mol. The lowest BCUT2D eigenvalue weighted by atomic mass is 9.98. The average Bonchev–Trinajstić information content (AvgIpc) is 2.72. The van der Waals surface area contributed by atoms with E-state index in [1.807, 2.05) is 30.3 Å². The maximum atomic E-state index is 10.6. The first-order valence-corrected chi connectivity index (χ1v) is 9.90. The Kier molecular flexibility index (Phi) is 8.03. The van der Waals surface area contributed by atoms with Crippen molar-refractivity contribution >= 4 is 5.97 Å². The summed E-state index contributed by atoms with van der Waals surface area (Å²) in [4.78, 5) is 10.6. The molecule has 3 rings (SSSR count). The molecule has 1 aliphatic heterocycles. The smallest absolute Gasteiger partial charge is 0.329 e. The molecule has 1 saturated heterocycles. The normalized spacial score (nSPS) is 17.9. The number of rotatable bonds is 10. The highest BCUT2D eigenvalue weighted by Crippen LogP contribution is 2.28. The molecule has 0 aliphatic carbocycles. The van der Waals surface area contributed by atoms with Crippen LogP contribution in [0.3, 0.4) is 0 Å². The van der Waals surface area contributed by atoms with E-state index < -0.39 is 5.97 Å². The Hall–Kier alpha value is -2.21. The van der Waals surface area contributed by atoms with Crippen LogP contribution in [0.2, 0.25) is 0 Å². The third-order valence-corrected chi connectivity index (χ3v) is 4.80. The van der Waals surface area contributed by atoms with E-state index in [0.29, 0.717) is 13.0 Å². The molecule has 5 nitrogen and oxygen atoms in total. The van der Waals surface area contributed by atoms with Gasteiger partial charge in [-0.1, -0.05) is 54.6 Å². The molecule has 28 heavy (non-hydrogen) atoms. The topological polar surface area (TPSA) is 65.0 Å². The number of benzene rings is 2. The zero-order chi connectivity index (χ0) is 19.6. The second-order valence-corrected chi connectivity index (χ2v) is 7.05. The van der Waals surface area contributed by atoms with Gasteiger partial charge < -0.3 is 19.3 Å². The molecule has 0 spiro atoms. The second kappa shape index (κ2) is 11.0. The van der Waals surface area contributed by atoms with Crippen molar-refractivity contribution in [2.45, 2.75) is 44.5 Å². The van der Waals surface area contributed by atoms with Gasteiger partial charge in [-0.25, -0.2) is 4.79 Å². The van der Waals surface area contributed by atoms with Crippen molar-refractivity contribution in [3.8, 4) is 0 Å². The Morgan fingerprint density at radius 1 is 1.11 bits per heavy atom. The fraction of sp³-hybridized carbons (Fsp3) is 0.435. The number of carbonyl (C=O) groups is 1. The summed E-state index contributed by atoms with van der Waals surface area (Å²) in [5.41, 5.74) is 3.43. The van der Waals surface area contributed by atoms with Crippen LogP contribution in [-0.4, -0.2) is 37.2 Å². The monoisotopic (exact) mass is 384 g/mol. The standard InChI is InChI=1S/C23H28O5/c24-22(25)17-26-14-12-19-9-6-10-20(15-19)21(16-18-7-2-1-3-8-18)28-23-11-4-5-13-27-23/h1-3,6-10,15,21,23H,4-5,11-14,16-17H2,(H,24,25)/t21-,23?/m0/s1. The minimum atomic E-state index is -0.947. The molecular weight excluding hydrogens is 356 g/mol. The summed E-state index contributed by atoms with van der Waals surface area (Å²) < 4.78 is 17.3.